The number of rotatable bonds is 13. The van der Waals surface area contributed by atoms with Gasteiger partial charge in [0.15, 0.2) is 0 Å². The lowest BCUT2D eigenvalue weighted by atomic mass is 10.2. The lowest BCUT2D eigenvalue weighted by molar-refractivity contribution is -0.121. The van der Waals surface area contributed by atoms with Gasteiger partial charge >= 0.3 is 0 Å². The fourth-order valence-corrected chi connectivity index (χ4v) is 2.51. The number of amides is 1. The number of nitrogens with one attached hydrogen (secondary N) is 1. The van der Waals surface area contributed by atoms with Gasteiger partial charge in [-0.25, -0.2) is 0 Å². The lowest BCUT2D eigenvalue weighted by Crippen LogP contribution is -2.24. The average molecular weight is 355 g/mol. The van der Waals surface area contributed by atoms with Crippen molar-refractivity contribution in [1.29, 1.82) is 0 Å². The third-order valence-electron chi connectivity index (χ3n) is 3.95. The van der Waals surface area contributed by atoms with Crippen LogP contribution >= 0.6 is 0 Å². The van der Waals surface area contributed by atoms with E-state index < -0.39 is 0 Å². The van der Waals surface area contributed by atoms with E-state index in [4.69, 9.17) is 9.47 Å². The van der Waals surface area contributed by atoms with Gasteiger partial charge in [-0.15, -0.1) is 0 Å². The van der Waals surface area contributed by atoms with Crippen molar-refractivity contribution in [2.24, 2.45) is 0 Å². The van der Waals surface area contributed by atoms with E-state index in [1.54, 1.807) is 0 Å². The maximum atomic E-state index is 11.8. The fraction of sp³-hybridized carbons (Fsp3) is 0.409. The fourth-order valence-electron chi connectivity index (χ4n) is 2.51. The monoisotopic (exact) mass is 355 g/mol. The number of carbonyl (C=O) groups excluding carboxylic acids is 1. The maximum Gasteiger partial charge on any atom is 0.220 e. The van der Waals surface area contributed by atoms with E-state index in [2.05, 4.69) is 17.4 Å². The van der Waals surface area contributed by atoms with E-state index >= 15 is 0 Å². The molecule has 2 aromatic carbocycles. The van der Waals surface area contributed by atoms with Crippen LogP contribution in [0.25, 0.3) is 0 Å². The maximum absolute atomic E-state index is 11.8. The Hall–Kier alpha value is -2.17. The van der Waals surface area contributed by atoms with E-state index in [-0.39, 0.29) is 5.91 Å². The molecule has 1 amide bonds. The van der Waals surface area contributed by atoms with Gasteiger partial charge in [0.25, 0.3) is 0 Å². The van der Waals surface area contributed by atoms with Crippen molar-refractivity contribution in [3.8, 4) is 0 Å². The molecule has 0 saturated heterocycles. The minimum absolute atomic E-state index is 0.0958. The first-order valence-corrected chi connectivity index (χ1v) is 9.34. The van der Waals surface area contributed by atoms with Crippen LogP contribution in [-0.4, -0.2) is 25.7 Å². The lowest BCUT2D eigenvalue weighted by Gasteiger charge is -2.07. The molecular formula is C22H29NO3. The van der Waals surface area contributed by atoms with E-state index in [1.807, 2.05) is 48.5 Å². The van der Waals surface area contributed by atoms with Crippen molar-refractivity contribution in [2.45, 2.75) is 38.9 Å². The van der Waals surface area contributed by atoms with Crippen LogP contribution in [0.4, 0.5) is 0 Å². The van der Waals surface area contributed by atoms with Gasteiger partial charge in [0.05, 0.1) is 13.2 Å². The van der Waals surface area contributed by atoms with Gasteiger partial charge < -0.3 is 14.8 Å². The van der Waals surface area contributed by atoms with Gasteiger partial charge in [-0.1, -0.05) is 60.7 Å². The Kier molecular flexibility index (Phi) is 10.1. The molecular weight excluding hydrogens is 326 g/mol. The number of hydrogen-bond donors (Lipinski definition) is 1. The zero-order chi connectivity index (χ0) is 18.3. The zero-order valence-electron chi connectivity index (χ0n) is 15.4. The van der Waals surface area contributed by atoms with E-state index in [0.717, 1.165) is 31.4 Å². The summed E-state index contributed by atoms with van der Waals surface area (Å²) in [6.45, 7) is 3.29. The summed E-state index contributed by atoms with van der Waals surface area (Å²) in [5, 5.41) is 2.95. The van der Waals surface area contributed by atoms with Crippen LogP contribution in [0.3, 0.4) is 0 Å². The summed E-state index contributed by atoms with van der Waals surface area (Å²) in [5.41, 5.74) is 2.35. The van der Waals surface area contributed by atoms with Crippen LogP contribution in [0.2, 0.25) is 0 Å². The summed E-state index contributed by atoms with van der Waals surface area (Å²) in [5.74, 6) is 0.0958. The molecule has 0 heterocycles. The molecule has 0 unspecified atom stereocenters. The molecule has 26 heavy (non-hydrogen) atoms. The van der Waals surface area contributed by atoms with Gasteiger partial charge in [0.2, 0.25) is 5.91 Å². The van der Waals surface area contributed by atoms with Crippen LogP contribution in [0, 0.1) is 0 Å². The van der Waals surface area contributed by atoms with E-state index in [0.29, 0.717) is 32.8 Å². The van der Waals surface area contributed by atoms with Crippen LogP contribution in [0.15, 0.2) is 60.7 Å². The highest BCUT2D eigenvalue weighted by Crippen LogP contribution is 2.02. The molecule has 4 heteroatoms. The molecule has 0 atom stereocenters. The highest BCUT2D eigenvalue weighted by Gasteiger charge is 2.01. The summed E-state index contributed by atoms with van der Waals surface area (Å²) >= 11 is 0. The standard InChI is InChI=1S/C22H29NO3/c24-22(14-9-17-26-19-21-12-5-2-6-13-21)23-15-7-8-16-25-18-20-10-3-1-4-11-20/h1-6,10-13H,7-9,14-19H2,(H,23,24). The Morgan fingerprint density at radius 1 is 0.731 bits per heavy atom. The van der Waals surface area contributed by atoms with Gasteiger partial charge in [-0.3, -0.25) is 4.79 Å². The van der Waals surface area contributed by atoms with E-state index in [9.17, 15) is 4.79 Å². The Bertz CT molecular complexity index is 601. The highest BCUT2D eigenvalue weighted by molar-refractivity contribution is 5.75. The Morgan fingerprint density at radius 2 is 1.27 bits per heavy atom. The second-order valence-electron chi connectivity index (χ2n) is 6.24. The quantitative estimate of drug-likeness (QED) is 0.550. The summed E-state index contributed by atoms with van der Waals surface area (Å²) in [6.07, 6.45) is 3.15. The molecule has 0 aromatic heterocycles. The first-order valence-electron chi connectivity index (χ1n) is 9.34. The Morgan fingerprint density at radius 3 is 1.85 bits per heavy atom. The minimum atomic E-state index is 0.0958. The molecule has 4 nitrogen and oxygen atoms in total. The second-order valence-corrected chi connectivity index (χ2v) is 6.24. The van der Waals surface area contributed by atoms with Gasteiger partial charge in [0.1, 0.15) is 0 Å². The van der Waals surface area contributed by atoms with Crippen LogP contribution in [-0.2, 0) is 27.5 Å². The molecule has 2 aromatic rings. The molecule has 2 rings (SSSR count). The van der Waals surface area contributed by atoms with E-state index in [1.165, 1.54) is 5.56 Å². The normalized spacial score (nSPS) is 10.6. The molecule has 0 fully saturated rings. The first-order chi connectivity index (χ1) is 12.8. The predicted octanol–water partition coefficient (Wildman–Crippen LogP) is 4.10. The number of ether oxygens (including phenoxy) is 2. The number of benzene rings is 2. The molecule has 140 valence electrons. The summed E-state index contributed by atoms with van der Waals surface area (Å²) < 4.78 is 11.2. The van der Waals surface area contributed by atoms with Crippen molar-refractivity contribution in [2.75, 3.05) is 19.8 Å². The molecule has 0 spiro atoms. The van der Waals surface area contributed by atoms with Crippen molar-refractivity contribution in [3.05, 3.63) is 71.8 Å². The highest BCUT2D eigenvalue weighted by atomic mass is 16.5. The van der Waals surface area contributed by atoms with Crippen molar-refractivity contribution < 1.29 is 14.3 Å². The number of unbranched alkanes of at least 4 members (excludes halogenated alkanes) is 1. The van der Waals surface area contributed by atoms with Crippen molar-refractivity contribution >= 4 is 5.91 Å². The smallest absolute Gasteiger partial charge is 0.220 e. The van der Waals surface area contributed by atoms with Crippen molar-refractivity contribution in [3.63, 3.8) is 0 Å². The summed E-state index contributed by atoms with van der Waals surface area (Å²) in [6, 6.07) is 20.2. The third kappa shape index (κ3) is 9.35. The average Bonchev–Trinajstić information content (AvgIpc) is 2.68. The zero-order valence-corrected chi connectivity index (χ0v) is 15.4. The molecule has 0 saturated carbocycles. The van der Waals surface area contributed by atoms with Crippen LogP contribution < -0.4 is 5.32 Å². The van der Waals surface area contributed by atoms with Crippen LogP contribution in [0.5, 0.6) is 0 Å². The van der Waals surface area contributed by atoms with Crippen LogP contribution in [0.1, 0.15) is 36.8 Å². The van der Waals surface area contributed by atoms with Gasteiger partial charge in [-0.05, 0) is 30.4 Å². The SMILES string of the molecule is O=C(CCCOCc1ccccc1)NCCCCOCc1ccccc1. The van der Waals surface area contributed by atoms with Gasteiger partial charge in [0, 0.05) is 26.2 Å². The topological polar surface area (TPSA) is 47.6 Å². The second kappa shape index (κ2) is 13.1. The molecule has 0 aliphatic rings. The van der Waals surface area contributed by atoms with Gasteiger partial charge in [-0.2, -0.15) is 0 Å². The minimum Gasteiger partial charge on any atom is -0.377 e. The largest absolute Gasteiger partial charge is 0.377 e. The molecule has 0 radical (unpaired) electrons. The predicted molar refractivity (Wildman–Crippen MR) is 104 cm³/mol. The molecule has 0 aliphatic heterocycles. The summed E-state index contributed by atoms with van der Waals surface area (Å²) in [7, 11) is 0. The van der Waals surface area contributed by atoms with Crippen molar-refractivity contribution in [1.82, 2.24) is 5.32 Å². The molecule has 0 aliphatic carbocycles. The number of carbonyl (C=O) groups is 1. The molecule has 0 bridgehead atoms. The Labute approximate surface area is 156 Å². The first kappa shape index (κ1) is 20.1. The third-order valence-corrected chi connectivity index (χ3v) is 3.95. The Balaban J connectivity index is 1.37. The summed E-state index contributed by atoms with van der Waals surface area (Å²) in [4.78, 5) is 11.8. The number of hydrogen-bond acceptors (Lipinski definition) is 3. The molecule has 1 N–H and O–H groups in total.